The third kappa shape index (κ3) is 4.19. The molecule has 0 aliphatic heterocycles. The van der Waals surface area contributed by atoms with Gasteiger partial charge in [-0.05, 0) is 30.4 Å². The van der Waals surface area contributed by atoms with Gasteiger partial charge in [0.15, 0.2) is 5.96 Å². The molecule has 0 saturated heterocycles. The summed E-state index contributed by atoms with van der Waals surface area (Å²) >= 11 is 0. The molecule has 1 heterocycles. The van der Waals surface area contributed by atoms with Crippen molar-refractivity contribution in [1.82, 2.24) is 10.3 Å². The van der Waals surface area contributed by atoms with Crippen LogP contribution in [0.1, 0.15) is 42.6 Å². The van der Waals surface area contributed by atoms with Crippen LogP contribution < -0.4 is 11.1 Å². The number of rotatable bonds is 6. The van der Waals surface area contributed by atoms with Crippen LogP contribution in [0.5, 0.6) is 0 Å². The van der Waals surface area contributed by atoms with E-state index in [2.05, 4.69) is 19.2 Å². The number of aromatic nitrogens is 1. The maximum atomic E-state index is 13.0. The molecular formula is C23H26N4O. The Morgan fingerprint density at radius 3 is 2.50 bits per heavy atom. The van der Waals surface area contributed by atoms with Crippen molar-refractivity contribution < 1.29 is 4.79 Å². The minimum atomic E-state index is -0.361. The van der Waals surface area contributed by atoms with Crippen LogP contribution in [0.2, 0.25) is 0 Å². The SMILES string of the molecule is CCC(C)CCc1c(-c2ccccc2)nc2ccccc2c1C(=O)NC(=N)N. The Morgan fingerprint density at radius 2 is 1.82 bits per heavy atom. The number of benzene rings is 2. The Hall–Kier alpha value is -3.21. The highest BCUT2D eigenvalue weighted by molar-refractivity contribution is 6.13. The highest BCUT2D eigenvalue weighted by Gasteiger charge is 2.22. The Morgan fingerprint density at radius 1 is 1.14 bits per heavy atom. The van der Waals surface area contributed by atoms with Gasteiger partial charge < -0.3 is 5.73 Å². The van der Waals surface area contributed by atoms with Gasteiger partial charge in [0.25, 0.3) is 5.91 Å². The summed E-state index contributed by atoms with van der Waals surface area (Å²) in [6, 6.07) is 17.5. The summed E-state index contributed by atoms with van der Waals surface area (Å²) in [6.45, 7) is 4.39. The van der Waals surface area contributed by atoms with Crippen molar-refractivity contribution in [1.29, 1.82) is 5.41 Å². The van der Waals surface area contributed by atoms with E-state index in [9.17, 15) is 4.79 Å². The van der Waals surface area contributed by atoms with Crippen LogP contribution in [-0.4, -0.2) is 16.9 Å². The fourth-order valence-electron chi connectivity index (χ4n) is 3.37. The molecular weight excluding hydrogens is 348 g/mol. The van der Waals surface area contributed by atoms with Gasteiger partial charge in [-0.3, -0.25) is 15.5 Å². The fourth-order valence-corrected chi connectivity index (χ4v) is 3.37. The van der Waals surface area contributed by atoms with Crippen molar-refractivity contribution in [3.8, 4) is 11.3 Å². The first-order valence-corrected chi connectivity index (χ1v) is 9.63. The molecule has 5 nitrogen and oxygen atoms in total. The second-order valence-corrected chi connectivity index (χ2v) is 7.12. The molecule has 0 fully saturated rings. The number of para-hydroxylation sites is 1. The zero-order valence-corrected chi connectivity index (χ0v) is 16.3. The summed E-state index contributed by atoms with van der Waals surface area (Å²) in [6.07, 6.45) is 2.77. The first-order chi connectivity index (χ1) is 13.5. The molecule has 1 aromatic heterocycles. The van der Waals surface area contributed by atoms with Crippen molar-refractivity contribution in [2.45, 2.75) is 33.1 Å². The van der Waals surface area contributed by atoms with Crippen molar-refractivity contribution in [3.63, 3.8) is 0 Å². The van der Waals surface area contributed by atoms with Gasteiger partial charge in [-0.25, -0.2) is 4.98 Å². The number of hydrogen-bond acceptors (Lipinski definition) is 3. The lowest BCUT2D eigenvalue weighted by molar-refractivity contribution is 0.0977. The quantitative estimate of drug-likeness (QED) is 0.438. The Balaban J connectivity index is 2.27. The Kier molecular flexibility index (Phi) is 6.04. The lowest BCUT2D eigenvalue weighted by Gasteiger charge is -2.18. The van der Waals surface area contributed by atoms with Crippen LogP contribution in [0.25, 0.3) is 22.2 Å². The Bertz CT molecular complexity index is 998. The van der Waals surface area contributed by atoms with Gasteiger partial charge in [-0.15, -0.1) is 0 Å². The van der Waals surface area contributed by atoms with Crippen LogP contribution in [0.3, 0.4) is 0 Å². The van der Waals surface area contributed by atoms with E-state index in [0.29, 0.717) is 11.5 Å². The minimum absolute atomic E-state index is 0.359. The number of nitrogens with zero attached hydrogens (tertiary/aromatic N) is 1. The molecule has 0 spiro atoms. The summed E-state index contributed by atoms with van der Waals surface area (Å²) in [5.74, 6) is -0.179. The molecule has 1 unspecified atom stereocenters. The first-order valence-electron chi connectivity index (χ1n) is 9.63. The molecule has 5 heteroatoms. The highest BCUT2D eigenvalue weighted by Crippen LogP contribution is 2.32. The van der Waals surface area contributed by atoms with Gasteiger partial charge in [-0.1, -0.05) is 68.8 Å². The number of fused-ring (bicyclic) bond motifs is 1. The van der Waals surface area contributed by atoms with Crippen LogP contribution in [0, 0.1) is 11.3 Å². The topological polar surface area (TPSA) is 91.9 Å². The smallest absolute Gasteiger partial charge is 0.258 e. The summed E-state index contributed by atoms with van der Waals surface area (Å²) in [5.41, 5.74) is 9.46. The van der Waals surface area contributed by atoms with Gasteiger partial charge in [0.05, 0.1) is 16.8 Å². The number of pyridine rings is 1. The number of hydrogen-bond donors (Lipinski definition) is 3. The maximum Gasteiger partial charge on any atom is 0.258 e. The molecule has 144 valence electrons. The van der Waals surface area contributed by atoms with Crippen LogP contribution in [0.15, 0.2) is 54.6 Å². The third-order valence-corrected chi connectivity index (χ3v) is 5.10. The summed E-state index contributed by atoms with van der Waals surface area (Å²) < 4.78 is 0. The molecule has 2 aromatic carbocycles. The summed E-state index contributed by atoms with van der Waals surface area (Å²) in [4.78, 5) is 17.9. The van der Waals surface area contributed by atoms with E-state index in [1.807, 2.05) is 54.6 Å². The monoisotopic (exact) mass is 374 g/mol. The lowest BCUT2D eigenvalue weighted by Crippen LogP contribution is -2.36. The molecule has 0 bridgehead atoms. The van der Waals surface area contributed by atoms with Crippen molar-refractivity contribution in [2.75, 3.05) is 0 Å². The van der Waals surface area contributed by atoms with E-state index >= 15 is 0 Å². The first kappa shape index (κ1) is 19.5. The zero-order valence-electron chi connectivity index (χ0n) is 16.3. The molecule has 1 atom stereocenters. The van der Waals surface area contributed by atoms with Crippen molar-refractivity contribution in [2.24, 2.45) is 11.7 Å². The molecule has 0 saturated carbocycles. The van der Waals surface area contributed by atoms with Gasteiger partial charge in [0.1, 0.15) is 0 Å². The number of amides is 1. The number of nitrogens with two attached hydrogens (primary N) is 1. The van der Waals surface area contributed by atoms with E-state index in [-0.39, 0.29) is 11.9 Å². The van der Waals surface area contributed by atoms with E-state index in [0.717, 1.165) is 47.0 Å². The average Bonchev–Trinajstić information content (AvgIpc) is 2.70. The van der Waals surface area contributed by atoms with Crippen LogP contribution in [-0.2, 0) is 6.42 Å². The lowest BCUT2D eigenvalue weighted by atomic mass is 9.90. The van der Waals surface area contributed by atoms with Crippen molar-refractivity contribution >= 4 is 22.8 Å². The number of carbonyl (C=O) groups is 1. The molecule has 0 radical (unpaired) electrons. The second-order valence-electron chi connectivity index (χ2n) is 7.12. The second kappa shape index (κ2) is 8.65. The third-order valence-electron chi connectivity index (χ3n) is 5.10. The van der Waals surface area contributed by atoms with E-state index in [4.69, 9.17) is 16.1 Å². The average molecular weight is 374 g/mol. The molecule has 0 aliphatic carbocycles. The summed E-state index contributed by atoms with van der Waals surface area (Å²) in [7, 11) is 0. The van der Waals surface area contributed by atoms with E-state index in [1.165, 1.54) is 0 Å². The molecule has 3 aromatic rings. The molecule has 4 N–H and O–H groups in total. The summed E-state index contributed by atoms with van der Waals surface area (Å²) in [5, 5.41) is 10.7. The standard InChI is InChI=1S/C23H26N4O/c1-3-15(2)13-14-18-20(22(28)27-23(24)25)17-11-7-8-12-19(17)26-21(18)16-9-5-4-6-10-16/h4-12,15H,3,13-14H2,1-2H3,(H4,24,25,27,28). The Labute approximate surface area is 165 Å². The van der Waals surface area contributed by atoms with Gasteiger partial charge in [-0.2, -0.15) is 0 Å². The minimum Gasteiger partial charge on any atom is -0.370 e. The van der Waals surface area contributed by atoms with E-state index in [1.54, 1.807) is 0 Å². The molecule has 28 heavy (non-hydrogen) atoms. The van der Waals surface area contributed by atoms with Crippen molar-refractivity contribution in [3.05, 3.63) is 65.7 Å². The van der Waals surface area contributed by atoms with Gasteiger partial charge >= 0.3 is 0 Å². The predicted octanol–water partition coefficient (Wildman–Crippen LogP) is 4.50. The highest BCUT2D eigenvalue weighted by atomic mass is 16.1. The largest absolute Gasteiger partial charge is 0.370 e. The number of nitrogens with one attached hydrogen (secondary N) is 2. The normalized spacial score (nSPS) is 11.9. The molecule has 1 amide bonds. The number of guanidine groups is 1. The van der Waals surface area contributed by atoms with Gasteiger partial charge in [0, 0.05) is 10.9 Å². The number of carbonyl (C=O) groups excluding carboxylic acids is 1. The fraction of sp³-hybridized carbons (Fsp3) is 0.261. The van der Waals surface area contributed by atoms with Crippen LogP contribution >= 0.6 is 0 Å². The predicted molar refractivity (Wildman–Crippen MR) is 114 cm³/mol. The molecule has 3 rings (SSSR count). The maximum absolute atomic E-state index is 13.0. The molecule has 0 aliphatic rings. The zero-order chi connectivity index (χ0) is 20.1. The van der Waals surface area contributed by atoms with E-state index < -0.39 is 0 Å². The van der Waals surface area contributed by atoms with Gasteiger partial charge in [0.2, 0.25) is 0 Å². The van der Waals surface area contributed by atoms with Crippen LogP contribution in [0.4, 0.5) is 0 Å².